The first-order valence-electron chi connectivity index (χ1n) is 9.00. The van der Waals surface area contributed by atoms with E-state index in [0.29, 0.717) is 5.69 Å². The molecular formula is C20H16Cl2N4O4S2. The van der Waals surface area contributed by atoms with Gasteiger partial charge in [0.15, 0.2) is 5.11 Å². The summed E-state index contributed by atoms with van der Waals surface area (Å²) < 4.78 is 26.9. The number of thiocarbonyl (C=S) groups is 1. The Morgan fingerprint density at radius 3 is 2.31 bits per heavy atom. The largest absolute Gasteiger partial charge is 0.303 e. The van der Waals surface area contributed by atoms with Gasteiger partial charge in [-0.15, -0.1) is 0 Å². The molecule has 1 aliphatic heterocycles. The van der Waals surface area contributed by atoms with Crippen LogP contribution in [-0.4, -0.2) is 30.9 Å². The predicted molar refractivity (Wildman–Crippen MR) is 127 cm³/mol. The molecule has 0 saturated carbocycles. The summed E-state index contributed by atoms with van der Waals surface area (Å²) in [5.41, 5.74) is -0.305. The highest BCUT2D eigenvalue weighted by Crippen LogP contribution is 2.39. The maximum Gasteiger partial charge on any atom is 0.265 e. The SMILES string of the molecule is [C-]#[N+]c1ccc(N2C(=O)C(C)(C)N(c3ccc(Cl)c(S(=O)(=O)NC(C)=O)c3)C2=S)cc1Cl. The number of nitrogens with one attached hydrogen (secondary N) is 1. The number of anilines is 2. The molecule has 0 radical (unpaired) electrons. The fourth-order valence-electron chi connectivity index (χ4n) is 3.26. The van der Waals surface area contributed by atoms with Crippen molar-refractivity contribution in [2.24, 2.45) is 0 Å². The molecule has 1 saturated heterocycles. The lowest BCUT2D eigenvalue weighted by Crippen LogP contribution is -2.44. The molecule has 1 aliphatic rings. The number of hydrogen-bond donors (Lipinski definition) is 1. The number of hydrogen-bond acceptors (Lipinski definition) is 5. The summed E-state index contributed by atoms with van der Waals surface area (Å²) >= 11 is 17.8. The van der Waals surface area contributed by atoms with Crippen molar-refractivity contribution in [1.29, 1.82) is 0 Å². The summed E-state index contributed by atoms with van der Waals surface area (Å²) in [5.74, 6) is -1.15. The van der Waals surface area contributed by atoms with Crippen LogP contribution in [0.4, 0.5) is 17.1 Å². The Labute approximate surface area is 200 Å². The minimum atomic E-state index is -4.24. The monoisotopic (exact) mass is 510 g/mol. The summed E-state index contributed by atoms with van der Waals surface area (Å²) in [6.07, 6.45) is 0. The van der Waals surface area contributed by atoms with Crippen LogP contribution in [0.15, 0.2) is 41.3 Å². The van der Waals surface area contributed by atoms with Gasteiger partial charge in [0, 0.05) is 17.6 Å². The fourth-order valence-corrected chi connectivity index (χ4v) is 5.51. The second-order valence-electron chi connectivity index (χ2n) is 7.34. The second-order valence-corrected chi connectivity index (χ2v) is 10.2. The van der Waals surface area contributed by atoms with Gasteiger partial charge in [-0.25, -0.2) is 18.0 Å². The van der Waals surface area contributed by atoms with E-state index in [2.05, 4.69) is 4.85 Å². The molecule has 0 aromatic heterocycles. The number of rotatable bonds is 4. The van der Waals surface area contributed by atoms with E-state index in [-0.39, 0.29) is 37.3 Å². The molecule has 12 heteroatoms. The highest BCUT2D eigenvalue weighted by Gasteiger charge is 2.50. The van der Waals surface area contributed by atoms with Crippen LogP contribution in [0.3, 0.4) is 0 Å². The number of nitrogens with zero attached hydrogens (tertiary/aromatic N) is 3. The lowest BCUT2D eigenvalue weighted by Gasteiger charge is -2.29. The van der Waals surface area contributed by atoms with Gasteiger partial charge in [0.1, 0.15) is 10.4 Å². The van der Waals surface area contributed by atoms with Gasteiger partial charge in [0.05, 0.1) is 17.3 Å². The van der Waals surface area contributed by atoms with Crippen molar-refractivity contribution in [3.8, 4) is 0 Å². The molecule has 0 aliphatic carbocycles. The van der Waals surface area contributed by atoms with Crippen LogP contribution in [0, 0.1) is 6.57 Å². The summed E-state index contributed by atoms with van der Waals surface area (Å²) in [6, 6.07) is 8.61. The van der Waals surface area contributed by atoms with Crippen LogP contribution in [-0.2, 0) is 19.6 Å². The first kappa shape index (κ1) is 23.9. The molecule has 0 unspecified atom stereocenters. The Balaban J connectivity index is 2.11. The van der Waals surface area contributed by atoms with Crippen LogP contribution in [0.2, 0.25) is 10.0 Å². The first-order valence-corrected chi connectivity index (χ1v) is 11.6. The predicted octanol–water partition coefficient (Wildman–Crippen LogP) is 4.29. The van der Waals surface area contributed by atoms with Gasteiger partial charge < -0.3 is 4.90 Å². The topological polar surface area (TPSA) is 91.2 Å². The van der Waals surface area contributed by atoms with E-state index < -0.39 is 21.5 Å². The third kappa shape index (κ3) is 4.04. The molecule has 0 spiro atoms. The normalized spacial score (nSPS) is 15.6. The maximum atomic E-state index is 13.3. The van der Waals surface area contributed by atoms with Crippen LogP contribution in [0.5, 0.6) is 0 Å². The Kier molecular flexibility index (Phi) is 6.23. The standard InChI is InChI=1S/C20H16Cl2N4O4S2/c1-11(27)24-32(29,30)17-10-13(5-7-14(17)21)26-19(31)25(18(28)20(26,2)3)12-6-8-16(23-4)15(22)9-12/h5-10H,1-3H3,(H,24,27). The Bertz CT molecular complexity index is 1320. The van der Waals surface area contributed by atoms with Gasteiger partial charge in [-0.3, -0.25) is 14.5 Å². The van der Waals surface area contributed by atoms with E-state index in [9.17, 15) is 18.0 Å². The molecular weight excluding hydrogens is 495 g/mol. The van der Waals surface area contributed by atoms with Crippen LogP contribution in [0.25, 0.3) is 4.85 Å². The maximum absolute atomic E-state index is 13.3. The van der Waals surface area contributed by atoms with E-state index in [0.717, 1.165) is 6.92 Å². The Morgan fingerprint density at radius 2 is 1.75 bits per heavy atom. The lowest BCUT2D eigenvalue weighted by molar-refractivity contribution is -0.120. The van der Waals surface area contributed by atoms with Crippen molar-refractivity contribution in [2.45, 2.75) is 31.2 Å². The van der Waals surface area contributed by atoms with E-state index in [4.69, 9.17) is 42.0 Å². The van der Waals surface area contributed by atoms with Crippen molar-refractivity contribution >= 4 is 79.4 Å². The minimum absolute atomic E-state index is 0.0804. The number of amides is 2. The van der Waals surface area contributed by atoms with Crippen LogP contribution < -0.4 is 14.5 Å². The Hall–Kier alpha value is -2.71. The van der Waals surface area contributed by atoms with Crippen molar-refractivity contribution in [2.75, 3.05) is 9.80 Å². The highest BCUT2D eigenvalue weighted by atomic mass is 35.5. The lowest BCUT2D eigenvalue weighted by atomic mass is 10.0. The zero-order valence-corrected chi connectivity index (χ0v) is 20.2. The zero-order valence-electron chi connectivity index (χ0n) is 17.0. The molecule has 32 heavy (non-hydrogen) atoms. The van der Waals surface area contributed by atoms with Crippen molar-refractivity contribution in [3.63, 3.8) is 0 Å². The molecule has 1 fully saturated rings. The molecule has 1 heterocycles. The van der Waals surface area contributed by atoms with E-state index >= 15 is 0 Å². The van der Waals surface area contributed by atoms with E-state index in [1.807, 2.05) is 4.72 Å². The smallest absolute Gasteiger partial charge is 0.265 e. The third-order valence-corrected chi connectivity index (χ3v) is 7.30. The molecule has 2 aromatic rings. The van der Waals surface area contributed by atoms with Crippen LogP contribution in [0.1, 0.15) is 20.8 Å². The van der Waals surface area contributed by atoms with Gasteiger partial charge >= 0.3 is 0 Å². The van der Waals surface area contributed by atoms with E-state index in [1.165, 1.54) is 40.1 Å². The zero-order chi connectivity index (χ0) is 24.0. The average Bonchev–Trinajstić information content (AvgIpc) is 2.85. The fraction of sp³-hybridized carbons (Fsp3) is 0.200. The third-order valence-electron chi connectivity index (χ3n) is 4.72. The molecule has 8 nitrogen and oxygen atoms in total. The summed E-state index contributed by atoms with van der Waals surface area (Å²) in [4.78, 5) is 30.3. The molecule has 0 atom stereocenters. The number of carbonyl (C=O) groups is 2. The minimum Gasteiger partial charge on any atom is -0.303 e. The van der Waals surface area contributed by atoms with E-state index in [1.54, 1.807) is 19.9 Å². The molecule has 2 amide bonds. The summed E-state index contributed by atoms with van der Waals surface area (Å²) in [5, 5.41) is 0.145. The highest BCUT2D eigenvalue weighted by molar-refractivity contribution is 7.90. The number of sulfonamides is 1. The molecule has 3 rings (SSSR count). The van der Waals surface area contributed by atoms with Crippen molar-refractivity contribution in [3.05, 3.63) is 57.9 Å². The average molecular weight is 511 g/mol. The Morgan fingerprint density at radius 1 is 1.12 bits per heavy atom. The van der Waals surface area contributed by atoms with Crippen LogP contribution >= 0.6 is 35.4 Å². The number of halogens is 2. The number of carbonyl (C=O) groups excluding carboxylic acids is 2. The van der Waals surface area contributed by atoms with Crippen molar-refractivity contribution < 1.29 is 18.0 Å². The summed E-state index contributed by atoms with van der Waals surface area (Å²) in [7, 11) is -4.24. The van der Waals surface area contributed by atoms with Gasteiger partial charge in [-0.05, 0) is 56.4 Å². The quantitative estimate of drug-likeness (QED) is 0.487. The number of benzene rings is 2. The van der Waals surface area contributed by atoms with Crippen molar-refractivity contribution in [1.82, 2.24) is 4.72 Å². The molecule has 166 valence electrons. The molecule has 0 bridgehead atoms. The van der Waals surface area contributed by atoms with Gasteiger partial charge in [0.2, 0.25) is 11.6 Å². The molecule has 1 N–H and O–H groups in total. The second kappa shape index (κ2) is 8.33. The van der Waals surface area contributed by atoms with Gasteiger partial charge in [-0.2, -0.15) is 0 Å². The summed E-state index contributed by atoms with van der Waals surface area (Å²) in [6.45, 7) is 11.5. The first-order chi connectivity index (χ1) is 14.8. The molecule has 2 aromatic carbocycles. The van der Waals surface area contributed by atoms with Gasteiger partial charge in [0.25, 0.3) is 15.9 Å². The van der Waals surface area contributed by atoms with Gasteiger partial charge in [-0.1, -0.05) is 29.3 Å².